The van der Waals surface area contributed by atoms with Crippen LogP contribution in [0.4, 0.5) is 8.78 Å². The summed E-state index contributed by atoms with van der Waals surface area (Å²) in [6.07, 6.45) is -2.57. The van der Waals surface area contributed by atoms with Gasteiger partial charge in [0.05, 0.1) is 0 Å². The zero-order valence-corrected chi connectivity index (χ0v) is 10.9. The summed E-state index contributed by atoms with van der Waals surface area (Å²) in [7, 11) is 0. The number of carbonyl (C=O) groups excluding carboxylic acids is 1. The van der Waals surface area contributed by atoms with Gasteiger partial charge in [-0.3, -0.25) is 4.79 Å². The molecule has 0 heterocycles. The third kappa shape index (κ3) is 2.31. The van der Waals surface area contributed by atoms with Crippen LogP contribution >= 0.6 is 38.5 Å². The number of hydrogen-bond donors (Lipinski definition) is 0. The first-order valence-electron chi connectivity index (χ1n) is 3.72. The minimum atomic E-state index is -2.57. The van der Waals surface area contributed by atoms with Gasteiger partial charge in [0, 0.05) is 19.2 Å². The number of rotatable bonds is 2. The van der Waals surface area contributed by atoms with Gasteiger partial charge in [-0.05, 0) is 51.5 Å². The number of halogens is 4. The van der Waals surface area contributed by atoms with Crippen LogP contribution < -0.4 is 0 Å². The molecule has 0 spiro atoms. The zero-order valence-electron chi connectivity index (χ0n) is 7.15. The molecule has 1 nitrogen and oxygen atoms in total. The molecule has 1 aromatic rings. The number of ketones is 1. The highest BCUT2D eigenvalue weighted by Crippen LogP contribution is 2.32. The second kappa shape index (κ2) is 4.65. The highest BCUT2D eigenvalue weighted by Gasteiger charge is 2.18. The molecule has 0 bridgehead atoms. The van der Waals surface area contributed by atoms with Crippen LogP contribution in [-0.4, -0.2) is 5.78 Å². The maximum Gasteiger partial charge on any atom is 0.264 e. The van der Waals surface area contributed by atoms with Gasteiger partial charge in [0.1, 0.15) is 0 Å². The minimum Gasteiger partial charge on any atom is -0.294 e. The maximum absolute atomic E-state index is 12.5. The van der Waals surface area contributed by atoms with E-state index in [1.165, 1.54) is 19.1 Å². The third-order valence-corrected chi connectivity index (χ3v) is 3.46. The van der Waals surface area contributed by atoms with Gasteiger partial charge in [0.2, 0.25) is 0 Å². The molecule has 0 saturated carbocycles. The molecule has 0 saturated heterocycles. The molecule has 0 unspecified atom stereocenters. The Morgan fingerprint density at radius 1 is 1.50 bits per heavy atom. The summed E-state index contributed by atoms with van der Waals surface area (Å²) in [5, 5.41) is 0. The Kier molecular flexibility index (Phi) is 4.00. The predicted molar refractivity (Wildman–Crippen MR) is 61.8 cm³/mol. The van der Waals surface area contributed by atoms with Gasteiger partial charge in [0.15, 0.2) is 5.78 Å². The largest absolute Gasteiger partial charge is 0.294 e. The highest BCUT2D eigenvalue weighted by molar-refractivity contribution is 14.1. The second-order valence-electron chi connectivity index (χ2n) is 2.68. The first-order chi connectivity index (χ1) is 6.45. The van der Waals surface area contributed by atoms with Crippen molar-refractivity contribution in [3.05, 3.63) is 31.3 Å². The molecule has 14 heavy (non-hydrogen) atoms. The van der Waals surface area contributed by atoms with Crippen LogP contribution in [0.25, 0.3) is 0 Å². The summed E-state index contributed by atoms with van der Waals surface area (Å²) in [4.78, 5) is 11.2. The first-order valence-corrected chi connectivity index (χ1v) is 5.59. The van der Waals surface area contributed by atoms with Gasteiger partial charge >= 0.3 is 0 Å². The Balaban J connectivity index is 3.41. The van der Waals surface area contributed by atoms with Gasteiger partial charge in [0.25, 0.3) is 6.43 Å². The van der Waals surface area contributed by atoms with E-state index in [-0.39, 0.29) is 15.8 Å². The molecule has 0 aromatic heterocycles. The zero-order chi connectivity index (χ0) is 10.9. The Morgan fingerprint density at radius 2 is 2.07 bits per heavy atom. The van der Waals surface area contributed by atoms with E-state index < -0.39 is 6.43 Å². The molecule has 0 fully saturated rings. The Labute approximate surface area is 102 Å². The van der Waals surface area contributed by atoms with Gasteiger partial charge in [-0.15, -0.1) is 0 Å². The fourth-order valence-corrected chi connectivity index (χ4v) is 3.06. The smallest absolute Gasteiger partial charge is 0.264 e. The van der Waals surface area contributed by atoms with E-state index in [0.717, 1.165) is 0 Å². The van der Waals surface area contributed by atoms with Crippen molar-refractivity contribution in [1.82, 2.24) is 0 Å². The lowest BCUT2D eigenvalue weighted by Gasteiger charge is -2.08. The molecular weight excluding hydrogens is 369 g/mol. The van der Waals surface area contributed by atoms with Gasteiger partial charge in [-0.25, -0.2) is 8.78 Å². The molecule has 0 aliphatic carbocycles. The summed E-state index contributed by atoms with van der Waals surface area (Å²) in [6, 6.07) is 2.84. The van der Waals surface area contributed by atoms with Crippen LogP contribution in [0, 0.1) is 3.57 Å². The average Bonchev–Trinajstić information content (AvgIpc) is 2.02. The topological polar surface area (TPSA) is 17.1 Å². The number of carbonyl (C=O) groups is 1. The lowest BCUT2D eigenvalue weighted by atomic mass is 10.1. The van der Waals surface area contributed by atoms with Crippen molar-refractivity contribution in [2.45, 2.75) is 13.3 Å². The number of alkyl halides is 2. The summed E-state index contributed by atoms with van der Waals surface area (Å²) in [6.45, 7) is 1.36. The van der Waals surface area contributed by atoms with Crippen LogP contribution in [0.15, 0.2) is 16.6 Å². The standard InChI is InChI=1S/C9H6BrF2IO/c1-4(14)7-6(13)3-2-5(8(7)10)9(11)12/h2-3,9H,1H3. The maximum atomic E-state index is 12.5. The summed E-state index contributed by atoms with van der Waals surface area (Å²) >= 11 is 4.97. The number of Topliss-reactive ketones (excluding diaryl/α,β-unsaturated/α-hetero) is 1. The van der Waals surface area contributed by atoms with E-state index in [2.05, 4.69) is 15.9 Å². The minimum absolute atomic E-state index is 0.143. The normalized spacial score (nSPS) is 10.7. The van der Waals surface area contributed by atoms with Crippen molar-refractivity contribution in [1.29, 1.82) is 0 Å². The molecule has 1 rings (SSSR count). The average molecular weight is 375 g/mol. The summed E-state index contributed by atoms with van der Waals surface area (Å²) in [5.41, 5.74) is 0.180. The molecular formula is C9H6BrF2IO. The molecule has 1 aromatic carbocycles. The van der Waals surface area contributed by atoms with Gasteiger partial charge in [-0.1, -0.05) is 6.07 Å². The Bertz CT molecular complexity index is 379. The lowest BCUT2D eigenvalue weighted by molar-refractivity contribution is 0.101. The molecule has 0 N–H and O–H groups in total. The molecule has 76 valence electrons. The Morgan fingerprint density at radius 3 is 2.50 bits per heavy atom. The molecule has 0 aliphatic heterocycles. The first kappa shape index (κ1) is 12.0. The van der Waals surface area contributed by atoms with Crippen molar-refractivity contribution >= 4 is 44.3 Å². The van der Waals surface area contributed by atoms with E-state index in [1.54, 1.807) is 0 Å². The van der Waals surface area contributed by atoms with Crippen LogP contribution in [-0.2, 0) is 0 Å². The van der Waals surface area contributed by atoms with E-state index >= 15 is 0 Å². The number of hydrogen-bond acceptors (Lipinski definition) is 1. The van der Waals surface area contributed by atoms with Gasteiger partial charge in [-0.2, -0.15) is 0 Å². The van der Waals surface area contributed by atoms with Crippen LogP contribution in [0.5, 0.6) is 0 Å². The lowest BCUT2D eigenvalue weighted by Crippen LogP contribution is -2.01. The van der Waals surface area contributed by atoms with Crippen molar-refractivity contribution < 1.29 is 13.6 Å². The van der Waals surface area contributed by atoms with Crippen molar-refractivity contribution in [2.75, 3.05) is 0 Å². The second-order valence-corrected chi connectivity index (χ2v) is 4.64. The highest BCUT2D eigenvalue weighted by atomic mass is 127. The van der Waals surface area contributed by atoms with Crippen molar-refractivity contribution in [2.24, 2.45) is 0 Å². The van der Waals surface area contributed by atoms with E-state index in [1.807, 2.05) is 22.6 Å². The van der Waals surface area contributed by atoms with Crippen LogP contribution in [0.2, 0.25) is 0 Å². The summed E-state index contributed by atoms with van der Waals surface area (Å²) in [5.74, 6) is -0.219. The monoisotopic (exact) mass is 374 g/mol. The predicted octanol–water partition coefficient (Wildman–Crippen LogP) is 4.19. The molecule has 0 atom stereocenters. The number of benzene rings is 1. The third-order valence-electron chi connectivity index (χ3n) is 1.71. The van der Waals surface area contributed by atoms with Crippen molar-refractivity contribution in [3.63, 3.8) is 0 Å². The Hall–Kier alpha value is -0.0400. The quantitative estimate of drug-likeness (QED) is 0.560. The molecule has 0 aliphatic rings. The van der Waals surface area contributed by atoms with E-state index in [4.69, 9.17) is 0 Å². The van der Waals surface area contributed by atoms with E-state index in [9.17, 15) is 13.6 Å². The molecule has 0 amide bonds. The summed E-state index contributed by atoms with van der Waals surface area (Å²) < 4.78 is 25.8. The SMILES string of the molecule is CC(=O)c1c(I)ccc(C(F)F)c1Br. The molecule has 0 radical (unpaired) electrons. The van der Waals surface area contributed by atoms with E-state index in [0.29, 0.717) is 9.13 Å². The fourth-order valence-electron chi connectivity index (χ4n) is 1.06. The van der Waals surface area contributed by atoms with Crippen LogP contribution in [0.1, 0.15) is 29.3 Å². The van der Waals surface area contributed by atoms with Gasteiger partial charge < -0.3 is 0 Å². The van der Waals surface area contributed by atoms with Crippen LogP contribution in [0.3, 0.4) is 0 Å². The fraction of sp³-hybridized carbons (Fsp3) is 0.222. The molecule has 5 heteroatoms. The van der Waals surface area contributed by atoms with Crippen molar-refractivity contribution in [3.8, 4) is 0 Å².